The van der Waals surface area contributed by atoms with Gasteiger partial charge in [0.25, 0.3) is 0 Å². The van der Waals surface area contributed by atoms with Crippen molar-refractivity contribution in [1.82, 2.24) is 14.7 Å². The van der Waals surface area contributed by atoms with Crippen LogP contribution in [-0.4, -0.2) is 44.8 Å². The van der Waals surface area contributed by atoms with Crippen LogP contribution in [0.3, 0.4) is 0 Å². The third kappa shape index (κ3) is 3.46. The third-order valence-electron chi connectivity index (χ3n) is 5.06. The molecule has 1 aliphatic rings. The van der Waals surface area contributed by atoms with Crippen LogP contribution < -0.4 is 0 Å². The summed E-state index contributed by atoms with van der Waals surface area (Å²) in [6, 6.07) is 7.55. The number of likely N-dealkylation sites (tertiary alicyclic amines) is 1. The minimum atomic E-state index is -0.981. The highest BCUT2D eigenvalue weighted by molar-refractivity contribution is 6.31. The Hall–Kier alpha value is -2.34. The maximum Gasteiger partial charge on any atom is 0.338 e. The summed E-state index contributed by atoms with van der Waals surface area (Å²) in [6.45, 7) is 5.02. The van der Waals surface area contributed by atoms with Crippen molar-refractivity contribution in [2.75, 3.05) is 13.1 Å². The molecule has 6 nitrogen and oxygen atoms in total. The molecular formula is C19H22ClN3O3. The first kappa shape index (κ1) is 18.5. The minimum absolute atomic E-state index is 0.0516. The Bertz CT molecular complexity index is 823. The molecule has 0 unspecified atom stereocenters. The van der Waals surface area contributed by atoms with Gasteiger partial charge in [-0.15, -0.1) is 0 Å². The van der Waals surface area contributed by atoms with E-state index in [9.17, 15) is 9.59 Å². The van der Waals surface area contributed by atoms with Crippen molar-refractivity contribution in [1.29, 1.82) is 0 Å². The molecule has 0 aliphatic carbocycles. The fourth-order valence-electron chi connectivity index (χ4n) is 3.46. The molecule has 7 heteroatoms. The number of hydrogen-bond acceptors (Lipinski definition) is 3. The Morgan fingerprint density at radius 3 is 2.46 bits per heavy atom. The lowest BCUT2D eigenvalue weighted by Gasteiger charge is -2.37. The van der Waals surface area contributed by atoms with E-state index < -0.39 is 11.4 Å². The second-order valence-electron chi connectivity index (χ2n) is 7.14. The number of hydrogen-bond donors (Lipinski definition) is 1. The molecule has 138 valence electrons. The molecule has 0 spiro atoms. The summed E-state index contributed by atoms with van der Waals surface area (Å²) in [6.07, 6.45) is 4.40. The summed E-state index contributed by atoms with van der Waals surface area (Å²) in [5.74, 6) is -0.930. The van der Waals surface area contributed by atoms with E-state index in [4.69, 9.17) is 16.7 Å². The molecule has 1 aliphatic heterocycles. The average molecular weight is 376 g/mol. The van der Waals surface area contributed by atoms with Crippen molar-refractivity contribution in [3.05, 3.63) is 52.8 Å². The van der Waals surface area contributed by atoms with Crippen molar-refractivity contribution in [2.24, 2.45) is 0 Å². The van der Waals surface area contributed by atoms with E-state index in [2.05, 4.69) is 5.10 Å². The third-order valence-corrected chi connectivity index (χ3v) is 5.39. The van der Waals surface area contributed by atoms with Gasteiger partial charge < -0.3 is 10.0 Å². The predicted molar refractivity (Wildman–Crippen MR) is 98.5 cm³/mol. The summed E-state index contributed by atoms with van der Waals surface area (Å²) in [5, 5.41) is 13.8. The minimum Gasteiger partial charge on any atom is -0.478 e. The van der Waals surface area contributed by atoms with Gasteiger partial charge in [0.15, 0.2) is 0 Å². The molecular weight excluding hydrogens is 354 g/mol. The average Bonchev–Trinajstić information content (AvgIpc) is 3.12. The van der Waals surface area contributed by atoms with E-state index in [1.165, 1.54) is 6.20 Å². The molecule has 1 saturated heterocycles. The van der Waals surface area contributed by atoms with E-state index in [-0.39, 0.29) is 17.5 Å². The molecule has 0 saturated carbocycles. The number of aromatic carboxylic acids is 1. The van der Waals surface area contributed by atoms with E-state index >= 15 is 0 Å². The van der Waals surface area contributed by atoms with Gasteiger partial charge in [-0.1, -0.05) is 29.8 Å². The standard InChI is InChI=1S/C19H22ClN3O3/c1-19(2,15-5-3-4-6-16(15)20)18(26)22-9-7-14(8-10-22)23-12-13(11-21-23)17(24)25/h3-6,11-12,14H,7-10H2,1-2H3,(H,24,25). The first-order chi connectivity index (χ1) is 12.3. The SMILES string of the molecule is CC(C)(C(=O)N1CCC(n2cc(C(=O)O)cn2)CC1)c1ccccc1Cl. The van der Waals surface area contributed by atoms with Gasteiger partial charge in [-0.2, -0.15) is 5.10 Å². The quantitative estimate of drug-likeness (QED) is 0.888. The molecule has 1 aromatic carbocycles. The summed E-state index contributed by atoms with van der Waals surface area (Å²) < 4.78 is 1.70. The monoisotopic (exact) mass is 375 g/mol. The lowest BCUT2D eigenvalue weighted by atomic mass is 9.82. The number of nitrogens with zero attached hydrogens (tertiary/aromatic N) is 3. The summed E-state index contributed by atoms with van der Waals surface area (Å²) in [4.78, 5) is 25.9. The van der Waals surface area contributed by atoms with Crippen molar-refractivity contribution in [3.8, 4) is 0 Å². The fourth-order valence-corrected chi connectivity index (χ4v) is 3.83. The van der Waals surface area contributed by atoms with Gasteiger partial charge in [0.05, 0.1) is 23.2 Å². The van der Waals surface area contributed by atoms with Crippen LogP contribution in [0.1, 0.15) is 48.7 Å². The number of halogens is 1. The van der Waals surface area contributed by atoms with Crippen LogP contribution in [0.15, 0.2) is 36.7 Å². The summed E-state index contributed by atoms with van der Waals surface area (Å²) in [5.41, 5.74) is 0.309. The molecule has 26 heavy (non-hydrogen) atoms. The van der Waals surface area contributed by atoms with Gasteiger partial charge in [-0.05, 0) is 38.3 Å². The zero-order chi connectivity index (χ0) is 18.9. The molecule has 1 N–H and O–H groups in total. The Morgan fingerprint density at radius 2 is 1.88 bits per heavy atom. The molecule has 0 radical (unpaired) electrons. The number of carboxylic acid groups (broad SMARTS) is 1. The highest BCUT2D eigenvalue weighted by Crippen LogP contribution is 2.33. The van der Waals surface area contributed by atoms with Crippen LogP contribution in [-0.2, 0) is 10.2 Å². The Kier molecular flexibility index (Phi) is 5.05. The molecule has 3 rings (SSSR count). The number of rotatable bonds is 4. The highest BCUT2D eigenvalue weighted by atomic mass is 35.5. The van der Waals surface area contributed by atoms with Gasteiger partial charge in [-0.3, -0.25) is 9.48 Å². The molecule has 1 aromatic heterocycles. The second kappa shape index (κ2) is 7.11. The Morgan fingerprint density at radius 1 is 1.23 bits per heavy atom. The maximum atomic E-state index is 13.1. The van der Waals surface area contributed by atoms with Crippen molar-refractivity contribution >= 4 is 23.5 Å². The van der Waals surface area contributed by atoms with Gasteiger partial charge >= 0.3 is 5.97 Å². The number of amides is 1. The number of piperidine rings is 1. The molecule has 1 amide bonds. The molecule has 0 bridgehead atoms. The zero-order valence-corrected chi connectivity index (χ0v) is 15.6. The topological polar surface area (TPSA) is 75.4 Å². The van der Waals surface area contributed by atoms with Crippen LogP contribution in [0.4, 0.5) is 0 Å². The first-order valence-electron chi connectivity index (χ1n) is 8.62. The first-order valence-corrected chi connectivity index (χ1v) is 9.00. The number of carbonyl (C=O) groups is 2. The number of carbonyl (C=O) groups excluding carboxylic acids is 1. The normalized spacial score (nSPS) is 15.9. The van der Waals surface area contributed by atoms with Crippen LogP contribution in [0.5, 0.6) is 0 Å². The lowest BCUT2D eigenvalue weighted by molar-refractivity contribution is -0.137. The molecule has 2 heterocycles. The summed E-state index contributed by atoms with van der Waals surface area (Å²) in [7, 11) is 0. The van der Waals surface area contributed by atoms with E-state index in [0.717, 1.165) is 18.4 Å². The van der Waals surface area contributed by atoms with Gasteiger partial charge in [0.1, 0.15) is 0 Å². The van der Waals surface area contributed by atoms with Crippen molar-refractivity contribution < 1.29 is 14.7 Å². The predicted octanol–water partition coefficient (Wildman–Crippen LogP) is 3.38. The van der Waals surface area contributed by atoms with Crippen LogP contribution in [0, 0.1) is 0 Å². The van der Waals surface area contributed by atoms with Crippen LogP contribution in [0.2, 0.25) is 5.02 Å². The number of aromatic nitrogens is 2. The second-order valence-corrected chi connectivity index (χ2v) is 7.55. The molecule has 0 atom stereocenters. The maximum absolute atomic E-state index is 13.1. The largest absolute Gasteiger partial charge is 0.478 e. The number of benzene rings is 1. The van der Waals surface area contributed by atoms with Gasteiger partial charge in [-0.25, -0.2) is 4.79 Å². The molecule has 1 fully saturated rings. The smallest absolute Gasteiger partial charge is 0.338 e. The van der Waals surface area contributed by atoms with Gasteiger partial charge in [0.2, 0.25) is 5.91 Å². The lowest BCUT2D eigenvalue weighted by Crippen LogP contribution is -2.47. The van der Waals surface area contributed by atoms with Crippen LogP contribution >= 0.6 is 11.6 Å². The summed E-state index contributed by atoms with van der Waals surface area (Å²) >= 11 is 6.29. The molecule has 2 aromatic rings. The number of carboxylic acids is 1. The van der Waals surface area contributed by atoms with E-state index in [1.807, 2.05) is 36.9 Å². The highest BCUT2D eigenvalue weighted by Gasteiger charge is 2.37. The van der Waals surface area contributed by atoms with E-state index in [1.54, 1.807) is 16.9 Å². The van der Waals surface area contributed by atoms with E-state index in [0.29, 0.717) is 18.1 Å². The fraction of sp³-hybridized carbons (Fsp3) is 0.421. The Balaban J connectivity index is 1.68. The van der Waals surface area contributed by atoms with Crippen LogP contribution in [0.25, 0.3) is 0 Å². The zero-order valence-electron chi connectivity index (χ0n) is 14.9. The van der Waals surface area contributed by atoms with Crippen molar-refractivity contribution in [3.63, 3.8) is 0 Å². The van der Waals surface area contributed by atoms with Crippen molar-refractivity contribution in [2.45, 2.75) is 38.1 Å². The van der Waals surface area contributed by atoms with Gasteiger partial charge in [0, 0.05) is 24.3 Å². The Labute approximate surface area is 157 Å².